The molecule has 0 amide bonds. The van der Waals surface area contributed by atoms with Crippen molar-refractivity contribution in [1.29, 1.82) is 0 Å². The van der Waals surface area contributed by atoms with E-state index in [1.54, 1.807) is 14.2 Å². The van der Waals surface area contributed by atoms with E-state index < -0.39 is 0 Å². The maximum absolute atomic E-state index is 6.22. The molecule has 12 aromatic carbocycles. The number of hydrogen-bond donors (Lipinski definition) is 0. The van der Waals surface area contributed by atoms with Crippen molar-refractivity contribution < 1.29 is 80.5 Å². The summed E-state index contributed by atoms with van der Waals surface area (Å²) in [5.74, 6) is 9.22. The lowest BCUT2D eigenvalue weighted by Gasteiger charge is -2.14. The molecule has 0 radical (unpaired) electrons. The predicted molar refractivity (Wildman–Crippen MR) is 386 cm³/mol. The van der Waals surface area contributed by atoms with Gasteiger partial charge < -0.3 is 80.5 Å². The van der Waals surface area contributed by atoms with E-state index in [1.807, 2.05) is 218 Å². The van der Waals surface area contributed by atoms with Crippen LogP contribution in [0.4, 0.5) is 0 Å². The first-order valence-electron chi connectivity index (χ1n) is 33.5. The van der Waals surface area contributed by atoms with Crippen molar-refractivity contribution in [3.8, 4) is 69.0 Å². The van der Waals surface area contributed by atoms with Crippen LogP contribution >= 0.6 is 0 Å². The Morgan fingerprint density at radius 2 is 0.253 bits per heavy atom. The first-order valence-corrected chi connectivity index (χ1v) is 33.5. The number of benzene rings is 12. The molecule has 17 heteroatoms. The third kappa shape index (κ3) is 18.2. The highest BCUT2D eigenvalue weighted by Crippen LogP contribution is 2.38. The van der Waals surface area contributed by atoms with Crippen LogP contribution in [0.2, 0.25) is 0 Å². The lowest BCUT2D eigenvalue weighted by Crippen LogP contribution is -2.13. The Morgan fingerprint density at radius 3 is 0.374 bits per heavy atom. The third-order valence-corrected chi connectivity index (χ3v) is 16.3. The molecule has 0 aliphatic heterocycles. The number of ether oxygens (including phenoxy) is 17. The molecular weight excluding hydrogens is 1260 g/mol. The molecule has 0 fully saturated rings. The Hall–Kier alpha value is -10.4. The van der Waals surface area contributed by atoms with E-state index in [9.17, 15) is 0 Å². The molecule has 0 atom stereocenters. The lowest BCUT2D eigenvalue weighted by molar-refractivity contribution is 0.0766. The maximum Gasteiger partial charge on any atom is 0.127 e. The fraction of sp³-hybridized carbons (Fsp3) is 0.268. The highest BCUT2D eigenvalue weighted by Gasteiger charge is 2.14. The van der Waals surface area contributed by atoms with Crippen molar-refractivity contribution in [1.82, 2.24) is 0 Å². The van der Waals surface area contributed by atoms with Crippen molar-refractivity contribution in [3.05, 3.63) is 218 Å². The van der Waals surface area contributed by atoms with Crippen molar-refractivity contribution in [3.63, 3.8) is 0 Å². The van der Waals surface area contributed by atoms with Crippen LogP contribution in [0.15, 0.2) is 218 Å². The quantitative estimate of drug-likeness (QED) is 0.0333. The standard InChI is InChI=1S/C82H82O17/c1-83-71-27-3-17-61-59(71)15-5-29-73(61)90-49-39-85-41-51-92-75-31-7-21-65-63(75)19-9-33-77(65)94-53-43-87-45-55-96-79-35-11-25-69-67(79)23-13-37-81(69)98-57-47-89-48-58-99-82-38-14-24-68-70(82)26-12-36-80(68)97-56-46-88-44-54-95-78-34-10-20-64-66(78)22-8-32-76(64)93-52-42-86-40-50-91-74-30-6-16-60-62(74)18-4-28-72(60)84-2/h3-38H,39-58H2,1-2H3. The Kier molecular flexibility index (Phi) is 25.1. The van der Waals surface area contributed by atoms with Crippen molar-refractivity contribution in [2.24, 2.45) is 0 Å². The molecule has 0 saturated carbocycles. The van der Waals surface area contributed by atoms with Gasteiger partial charge in [-0.15, -0.1) is 0 Å². The average molecular weight is 1340 g/mol. The van der Waals surface area contributed by atoms with Crippen LogP contribution in [0.25, 0.3) is 64.6 Å². The van der Waals surface area contributed by atoms with Gasteiger partial charge in [0.25, 0.3) is 0 Å². The molecule has 99 heavy (non-hydrogen) atoms. The molecule has 0 unspecified atom stereocenters. The van der Waals surface area contributed by atoms with Gasteiger partial charge in [0.1, 0.15) is 135 Å². The maximum atomic E-state index is 6.22. The summed E-state index contributed by atoms with van der Waals surface area (Å²) in [5, 5.41) is 11.6. The molecule has 0 aliphatic carbocycles. The fourth-order valence-electron chi connectivity index (χ4n) is 11.7. The largest absolute Gasteiger partial charge is 0.496 e. The molecule has 512 valence electrons. The Labute approximate surface area is 576 Å². The van der Waals surface area contributed by atoms with Gasteiger partial charge in [-0.25, -0.2) is 0 Å². The molecule has 0 N–H and O–H groups in total. The van der Waals surface area contributed by atoms with Gasteiger partial charge in [-0.05, 0) is 72.8 Å². The molecule has 0 saturated heterocycles. The average Bonchev–Trinajstić information content (AvgIpc) is 0.879. The highest BCUT2D eigenvalue weighted by molar-refractivity contribution is 5.97. The minimum absolute atomic E-state index is 0.362. The number of methoxy groups -OCH3 is 2. The SMILES string of the molecule is COc1cccc2c(OCCOCCOc3cccc4c(OCCOCCOc5cccc6c(OCCOCCOc7cccc8c(OCCOCCOc9cccc%10c(OCCOCCOc%11cccc%12c(OC)cccc%11%12)cccc9%10)cccc78)cccc56)cccc34)cccc12. The Balaban J connectivity index is 0.499. The highest BCUT2D eigenvalue weighted by atomic mass is 16.6. The van der Waals surface area contributed by atoms with Crippen molar-refractivity contribution in [2.45, 2.75) is 0 Å². The molecule has 17 nitrogen and oxygen atoms in total. The molecule has 0 heterocycles. The second kappa shape index (κ2) is 36.3. The third-order valence-electron chi connectivity index (χ3n) is 16.3. The van der Waals surface area contributed by atoms with Crippen molar-refractivity contribution >= 4 is 64.6 Å². The molecule has 0 aromatic heterocycles. The summed E-state index contributed by atoms with van der Waals surface area (Å²) in [6, 6.07) is 71.3. The molecule has 12 aromatic rings. The van der Waals surface area contributed by atoms with E-state index in [1.165, 1.54) is 0 Å². The van der Waals surface area contributed by atoms with Crippen LogP contribution in [-0.4, -0.2) is 146 Å². The normalized spacial score (nSPS) is 11.3. The van der Waals surface area contributed by atoms with Crippen LogP contribution in [-0.2, 0) is 23.7 Å². The van der Waals surface area contributed by atoms with E-state index in [0.29, 0.717) is 132 Å². The summed E-state index contributed by atoms with van der Waals surface area (Å²) in [5.41, 5.74) is 0. The molecule has 0 spiro atoms. The summed E-state index contributed by atoms with van der Waals surface area (Å²) in [6.07, 6.45) is 0. The molecule has 12 rings (SSSR count). The van der Waals surface area contributed by atoms with Gasteiger partial charge in [0, 0.05) is 64.6 Å². The zero-order valence-corrected chi connectivity index (χ0v) is 55.9. The fourth-order valence-corrected chi connectivity index (χ4v) is 11.7. The number of hydrogen-bond acceptors (Lipinski definition) is 17. The monoisotopic (exact) mass is 1340 g/mol. The molecule has 0 aliphatic rings. The van der Waals surface area contributed by atoms with Gasteiger partial charge in [-0.1, -0.05) is 146 Å². The van der Waals surface area contributed by atoms with Gasteiger partial charge in [-0.2, -0.15) is 0 Å². The van der Waals surface area contributed by atoms with E-state index in [2.05, 4.69) is 0 Å². The summed E-state index contributed by atoms with van der Waals surface area (Å²) in [4.78, 5) is 0. The van der Waals surface area contributed by atoms with Crippen LogP contribution < -0.4 is 56.8 Å². The second-order valence-electron chi connectivity index (χ2n) is 22.6. The van der Waals surface area contributed by atoms with Crippen LogP contribution in [0, 0.1) is 0 Å². The van der Waals surface area contributed by atoms with E-state index >= 15 is 0 Å². The Morgan fingerprint density at radius 1 is 0.141 bits per heavy atom. The predicted octanol–water partition coefficient (Wildman–Crippen LogP) is 16.0. The van der Waals surface area contributed by atoms with Gasteiger partial charge in [0.05, 0.1) is 80.3 Å². The van der Waals surface area contributed by atoms with E-state index in [0.717, 1.165) is 134 Å². The topological polar surface area (TPSA) is 157 Å². The van der Waals surface area contributed by atoms with Gasteiger partial charge in [0.2, 0.25) is 0 Å². The Bertz CT molecular complexity index is 4250. The van der Waals surface area contributed by atoms with Gasteiger partial charge in [0.15, 0.2) is 0 Å². The summed E-state index contributed by atoms with van der Waals surface area (Å²) in [7, 11) is 3.34. The van der Waals surface area contributed by atoms with Crippen LogP contribution in [0.1, 0.15) is 0 Å². The lowest BCUT2D eigenvalue weighted by atomic mass is 10.1. The number of fused-ring (bicyclic) bond motifs is 6. The minimum Gasteiger partial charge on any atom is -0.496 e. The zero-order valence-electron chi connectivity index (χ0n) is 55.9. The first-order chi connectivity index (χ1) is 49.1. The second-order valence-corrected chi connectivity index (χ2v) is 22.6. The smallest absolute Gasteiger partial charge is 0.127 e. The first kappa shape index (κ1) is 68.5. The van der Waals surface area contributed by atoms with Gasteiger partial charge >= 0.3 is 0 Å². The van der Waals surface area contributed by atoms with E-state index in [-0.39, 0.29) is 0 Å². The van der Waals surface area contributed by atoms with Crippen LogP contribution in [0.3, 0.4) is 0 Å². The van der Waals surface area contributed by atoms with E-state index in [4.69, 9.17) is 80.5 Å². The molecular formula is C82H82O17. The van der Waals surface area contributed by atoms with Crippen molar-refractivity contribution in [2.75, 3.05) is 146 Å². The summed E-state index contributed by atoms with van der Waals surface area (Å²) in [6.45, 7) is 7.81. The number of rotatable bonds is 42. The summed E-state index contributed by atoms with van der Waals surface area (Å²) < 4.78 is 102. The van der Waals surface area contributed by atoms with Crippen LogP contribution in [0.5, 0.6) is 69.0 Å². The minimum atomic E-state index is 0.362. The summed E-state index contributed by atoms with van der Waals surface area (Å²) >= 11 is 0. The van der Waals surface area contributed by atoms with Gasteiger partial charge in [-0.3, -0.25) is 0 Å². The molecule has 0 bridgehead atoms. The zero-order chi connectivity index (χ0) is 67.5.